The SMILES string of the molecule is Cc1ccc2c(c1)N(C)C(=O)C(C)(C(=O)NCCCn1ccnc1)O2. The Bertz CT molecular complexity index is 788. The molecule has 132 valence electrons. The molecule has 7 nitrogen and oxygen atoms in total. The average molecular weight is 342 g/mol. The number of imidazole rings is 1. The summed E-state index contributed by atoms with van der Waals surface area (Å²) in [5.41, 5.74) is 0.136. The predicted molar refractivity (Wildman–Crippen MR) is 93.5 cm³/mol. The lowest BCUT2D eigenvalue weighted by Gasteiger charge is -2.38. The maximum Gasteiger partial charge on any atom is 0.280 e. The molecule has 0 aliphatic carbocycles. The van der Waals surface area contributed by atoms with Gasteiger partial charge in [0.05, 0.1) is 12.0 Å². The lowest BCUT2D eigenvalue weighted by Crippen LogP contribution is -2.61. The molecule has 2 aromatic rings. The Morgan fingerprint density at radius 1 is 1.40 bits per heavy atom. The van der Waals surface area contributed by atoms with Crippen molar-refractivity contribution >= 4 is 17.5 Å². The highest BCUT2D eigenvalue weighted by Gasteiger charge is 2.49. The molecule has 1 N–H and O–H groups in total. The Labute approximate surface area is 146 Å². The molecule has 0 saturated heterocycles. The lowest BCUT2D eigenvalue weighted by atomic mass is 10.00. The van der Waals surface area contributed by atoms with Crippen LogP contribution in [0.25, 0.3) is 0 Å². The first-order valence-electron chi connectivity index (χ1n) is 8.23. The van der Waals surface area contributed by atoms with Crippen LogP contribution in [0.2, 0.25) is 0 Å². The molecule has 0 spiro atoms. The number of hydrogen-bond donors (Lipinski definition) is 1. The number of ether oxygens (including phenoxy) is 1. The summed E-state index contributed by atoms with van der Waals surface area (Å²) in [5.74, 6) is -0.275. The van der Waals surface area contributed by atoms with Gasteiger partial charge in [0.1, 0.15) is 5.75 Å². The number of nitrogens with one attached hydrogen (secondary N) is 1. The fraction of sp³-hybridized carbons (Fsp3) is 0.389. The van der Waals surface area contributed by atoms with Crippen LogP contribution >= 0.6 is 0 Å². The minimum absolute atomic E-state index is 0.377. The number of aromatic nitrogens is 2. The molecular formula is C18H22N4O3. The summed E-state index contributed by atoms with van der Waals surface area (Å²) in [6, 6.07) is 5.56. The molecule has 1 aromatic carbocycles. The zero-order chi connectivity index (χ0) is 18.0. The fourth-order valence-corrected chi connectivity index (χ4v) is 2.86. The van der Waals surface area contributed by atoms with Gasteiger partial charge in [0, 0.05) is 32.5 Å². The molecule has 1 unspecified atom stereocenters. The number of carbonyl (C=O) groups excluding carboxylic acids is 2. The molecule has 1 aromatic heterocycles. The highest BCUT2D eigenvalue weighted by Crippen LogP contribution is 2.37. The first kappa shape index (κ1) is 17.0. The van der Waals surface area contributed by atoms with E-state index in [0.717, 1.165) is 18.5 Å². The van der Waals surface area contributed by atoms with E-state index in [1.54, 1.807) is 25.6 Å². The number of aryl methyl sites for hydroxylation is 2. The maximum absolute atomic E-state index is 12.7. The molecule has 25 heavy (non-hydrogen) atoms. The van der Waals surface area contributed by atoms with Crippen LogP contribution in [0, 0.1) is 6.92 Å². The topological polar surface area (TPSA) is 76.5 Å². The van der Waals surface area contributed by atoms with E-state index in [4.69, 9.17) is 4.74 Å². The van der Waals surface area contributed by atoms with Gasteiger partial charge < -0.3 is 19.5 Å². The van der Waals surface area contributed by atoms with Crippen LogP contribution in [0.15, 0.2) is 36.9 Å². The monoisotopic (exact) mass is 342 g/mol. The third-order valence-electron chi connectivity index (χ3n) is 4.37. The first-order chi connectivity index (χ1) is 11.9. The highest BCUT2D eigenvalue weighted by molar-refractivity contribution is 6.16. The minimum Gasteiger partial charge on any atom is -0.466 e. The van der Waals surface area contributed by atoms with E-state index in [1.807, 2.05) is 29.8 Å². The van der Waals surface area contributed by atoms with Crippen molar-refractivity contribution in [1.82, 2.24) is 14.9 Å². The van der Waals surface area contributed by atoms with Gasteiger partial charge in [0.2, 0.25) is 0 Å². The second kappa shape index (κ2) is 6.58. The maximum atomic E-state index is 12.7. The van der Waals surface area contributed by atoms with E-state index in [2.05, 4.69) is 10.3 Å². The number of benzene rings is 1. The summed E-state index contributed by atoms with van der Waals surface area (Å²) in [5, 5.41) is 2.80. The molecule has 0 saturated carbocycles. The van der Waals surface area contributed by atoms with E-state index in [1.165, 1.54) is 11.8 Å². The van der Waals surface area contributed by atoms with E-state index >= 15 is 0 Å². The van der Waals surface area contributed by atoms with Crippen molar-refractivity contribution in [3.8, 4) is 5.75 Å². The van der Waals surface area contributed by atoms with Crippen LogP contribution in [0.3, 0.4) is 0 Å². The van der Waals surface area contributed by atoms with Crippen LogP contribution in [-0.2, 0) is 16.1 Å². The number of fused-ring (bicyclic) bond motifs is 1. The summed E-state index contributed by atoms with van der Waals surface area (Å²) in [6.45, 7) is 4.65. The van der Waals surface area contributed by atoms with Crippen molar-refractivity contribution in [3.63, 3.8) is 0 Å². The number of rotatable bonds is 5. The number of nitrogens with zero attached hydrogens (tertiary/aromatic N) is 3. The summed E-state index contributed by atoms with van der Waals surface area (Å²) in [6.07, 6.45) is 6.04. The molecule has 7 heteroatoms. The molecular weight excluding hydrogens is 320 g/mol. The number of hydrogen-bond acceptors (Lipinski definition) is 4. The standard InChI is InChI=1S/C18H22N4O3/c1-13-5-6-15-14(11-13)21(3)17(24)18(2,25-15)16(23)20-7-4-9-22-10-8-19-12-22/h5-6,8,10-12H,4,7,9H2,1-3H3,(H,20,23). The molecule has 2 amide bonds. The molecule has 2 heterocycles. The van der Waals surface area contributed by atoms with Gasteiger partial charge in [-0.2, -0.15) is 0 Å². The Balaban J connectivity index is 1.66. The van der Waals surface area contributed by atoms with E-state index < -0.39 is 11.5 Å². The Morgan fingerprint density at radius 3 is 2.92 bits per heavy atom. The second-order valence-corrected chi connectivity index (χ2v) is 6.38. The van der Waals surface area contributed by atoms with E-state index in [9.17, 15) is 9.59 Å². The normalized spacial score (nSPS) is 19.3. The van der Waals surface area contributed by atoms with Crippen molar-refractivity contribution in [3.05, 3.63) is 42.5 Å². The number of amides is 2. The minimum atomic E-state index is -1.56. The second-order valence-electron chi connectivity index (χ2n) is 6.38. The van der Waals surface area contributed by atoms with Gasteiger partial charge in [0.15, 0.2) is 0 Å². The number of anilines is 1. The van der Waals surface area contributed by atoms with Gasteiger partial charge in [-0.05, 0) is 38.0 Å². The van der Waals surface area contributed by atoms with Crippen molar-refractivity contribution in [2.75, 3.05) is 18.5 Å². The van der Waals surface area contributed by atoms with Crippen LogP contribution in [-0.4, -0.2) is 40.6 Å². The quantitative estimate of drug-likeness (QED) is 0.660. The predicted octanol–water partition coefficient (Wildman–Crippen LogP) is 1.51. The highest BCUT2D eigenvalue weighted by atomic mass is 16.5. The lowest BCUT2D eigenvalue weighted by molar-refractivity contribution is -0.148. The molecule has 0 radical (unpaired) electrons. The molecule has 1 aliphatic rings. The third kappa shape index (κ3) is 3.22. The van der Waals surface area contributed by atoms with Crippen LogP contribution in [0.1, 0.15) is 18.9 Å². The largest absolute Gasteiger partial charge is 0.466 e. The zero-order valence-corrected chi connectivity index (χ0v) is 14.7. The molecule has 3 rings (SSSR count). The Kier molecular flexibility index (Phi) is 4.48. The zero-order valence-electron chi connectivity index (χ0n) is 14.7. The first-order valence-corrected chi connectivity index (χ1v) is 8.23. The number of likely N-dealkylation sites (N-methyl/N-ethyl adjacent to an activating group) is 1. The van der Waals surface area contributed by atoms with Crippen LogP contribution < -0.4 is 15.0 Å². The third-order valence-corrected chi connectivity index (χ3v) is 4.37. The van der Waals surface area contributed by atoms with Gasteiger partial charge in [0.25, 0.3) is 17.4 Å². The molecule has 1 atom stereocenters. The summed E-state index contributed by atoms with van der Waals surface area (Å²) in [7, 11) is 1.66. The van der Waals surface area contributed by atoms with E-state index in [0.29, 0.717) is 18.0 Å². The van der Waals surface area contributed by atoms with E-state index in [-0.39, 0.29) is 5.91 Å². The van der Waals surface area contributed by atoms with Gasteiger partial charge >= 0.3 is 0 Å². The van der Waals surface area contributed by atoms with Gasteiger partial charge in [-0.25, -0.2) is 4.98 Å². The van der Waals surface area contributed by atoms with Crippen molar-refractivity contribution in [2.24, 2.45) is 0 Å². The smallest absolute Gasteiger partial charge is 0.280 e. The van der Waals surface area contributed by atoms with Crippen molar-refractivity contribution < 1.29 is 14.3 Å². The fourth-order valence-electron chi connectivity index (χ4n) is 2.86. The molecule has 0 bridgehead atoms. The summed E-state index contributed by atoms with van der Waals surface area (Å²) in [4.78, 5) is 30.8. The van der Waals surface area contributed by atoms with Gasteiger partial charge in [-0.1, -0.05) is 6.07 Å². The summed E-state index contributed by atoms with van der Waals surface area (Å²) < 4.78 is 7.74. The molecule has 0 fully saturated rings. The van der Waals surface area contributed by atoms with Crippen molar-refractivity contribution in [1.29, 1.82) is 0 Å². The molecule has 1 aliphatic heterocycles. The Hall–Kier alpha value is -2.83. The Morgan fingerprint density at radius 2 is 2.20 bits per heavy atom. The van der Waals surface area contributed by atoms with Gasteiger partial charge in [-0.3, -0.25) is 9.59 Å². The van der Waals surface area contributed by atoms with Crippen LogP contribution in [0.4, 0.5) is 5.69 Å². The number of carbonyl (C=O) groups is 2. The van der Waals surface area contributed by atoms with Gasteiger partial charge in [-0.15, -0.1) is 0 Å². The average Bonchev–Trinajstić information content (AvgIpc) is 3.11. The van der Waals surface area contributed by atoms with Crippen molar-refractivity contribution in [2.45, 2.75) is 32.4 Å². The van der Waals surface area contributed by atoms with Crippen LogP contribution in [0.5, 0.6) is 5.75 Å². The summed E-state index contributed by atoms with van der Waals surface area (Å²) >= 11 is 0.